The molecule has 1 aliphatic rings. The molecule has 0 unspecified atom stereocenters. The smallest absolute Gasteiger partial charge is 0.173 e. The summed E-state index contributed by atoms with van der Waals surface area (Å²) in [6.45, 7) is 2.03. The van der Waals surface area contributed by atoms with E-state index in [2.05, 4.69) is 4.98 Å². The summed E-state index contributed by atoms with van der Waals surface area (Å²) in [5.74, 6) is 0.385. The summed E-state index contributed by atoms with van der Waals surface area (Å²) in [6.07, 6.45) is 7.17. The third kappa shape index (κ3) is 1.42. The minimum Gasteiger partial charge on any atom is -0.304 e. The molecule has 0 radical (unpaired) electrons. The maximum atomic E-state index is 13.7. The lowest BCUT2D eigenvalue weighted by Crippen LogP contribution is -1.91. The molecule has 2 aromatic rings. The van der Waals surface area contributed by atoms with Crippen LogP contribution in [0.5, 0.6) is 0 Å². The van der Waals surface area contributed by atoms with Crippen molar-refractivity contribution >= 4 is 5.65 Å². The van der Waals surface area contributed by atoms with Gasteiger partial charge in [0.15, 0.2) is 11.5 Å². The Morgan fingerprint density at radius 2 is 2.27 bits per heavy atom. The van der Waals surface area contributed by atoms with Gasteiger partial charge in [-0.15, -0.1) is 0 Å². The molecular weight excluding hydrogens is 191 g/mol. The summed E-state index contributed by atoms with van der Waals surface area (Å²) in [6, 6.07) is 1.64. The van der Waals surface area contributed by atoms with Crippen LogP contribution in [-0.2, 0) is 6.42 Å². The van der Waals surface area contributed by atoms with Crippen LogP contribution in [0.2, 0.25) is 0 Å². The summed E-state index contributed by atoms with van der Waals surface area (Å²) in [5, 5.41) is 0. The lowest BCUT2D eigenvalue weighted by molar-refractivity contribution is 0.627. The predicted octanol–water partition coefficient (Wildman–Crippen LogP) is 2.91. The molecule has 78 valence electrons. The standard InChI is InChI=1S/C12H13FN2/c1-2-10-7-15-6-9(8-3-4-8)5-11(13)12(15)14-10/h5-8H,2-4H2,1H3. The number of halogens is 1. The van der Waals surface area contributed by atoms with Gasteiger partial charge in [0.2, 0.25) is 0 Å². The first-order chi connectivity index (χ1) is 7.28. The number of pyridine rings is 1. The fourth-order valence-electron chi connectivity index (χ4n) is 1.94. The molecule has 2 aromatic heterocycles. The highest BCUT2D eigenvalue weighted by Gasteiger charge is 2.25. The second-order valence-corrected chi connectivity index (χ2v) is 4.21. The number of fused-ring (bicyclic) bond motifs is 1. The second-order valence-electron chi connectivity index (χ2n) is 4.21. The van der Waals surface area contributed by atoms with E-state index in [0.29, 0.717) is 11.6 Å². The molecule has 0 N–H and O–H groups in total. The van der Waals surface area contributed by atoms with Crippen LogP contribution >= 0.6 is 0 Å². The molecule has 2 heterocycles. The lowest BCUT2D eigenvalue weighted by atomic mass is 10.2. The highest BCUT2D eigenvalue weighted by molar-refractivity contribution is 5.44. The first kappa shape index (κ1) is 8.89. The zero-order valence-corrected chi connectivity index (χ0v) is 8.70. The highest BCUT2D eigenvalue weighted by Crippen LogP contribution is 2.40. The predicted molar refractivity (Wildman–Crippen MR) is 56.5 cm³/mol. The van der Waals surface area contributed by atoms with Gasteiger partial charge in [-0.3, -0.25) is 0 Å². The van der Waals surface area contributed by atoms with Crippen molar-refractivity contribution in [2.24, 2.45) is 0 Å². The van der Waals surface area contributed by atoms with Gasteiger partial charge in [-0.25, -0.2) is 9.37 Å². The maximum absolute atomic E-state index is 13.7. The number of hydrogen-bond acceptors (Lipinski definition) is 1. The van der Waals surface area contributed by atoms with Crippen LogP contribution in [0.1, 0.15) is 36.9 Å². The molecule has 0 saturated heterocycles. The van der Waals surface area contributed by atoms with Gasteiger partial charge in [0, 0.05) is 12.4 Å². The summed E-state index contributed by atoms with van der Waals surface area (Å²) in [4.78, 5) is 4.24. The number of aromatic nitrogens is 2. The Hall–Kier alpha value is -1.38. The van der Waals surface area contributed by atoms with Crippen LogP contribution in [0, 0.1) is 5.82 Å². The van der Waals surface area contributed by atoms with E-state index >= 15 is 0 Å². The van der Waals surface area contributed by atoms with Gasteiger partial charge in [-0.05, 0) is 36.8 Å². The molecular formula is C12H13FN2. The molecule has 0 atom stereocenters. The molecule has 0 amide bonds. The van der Waals surface area contributed by atoms with Gasteiger partial charge in [0.05, 0.1) is 5.69 Å². The van der Waals surface area contributed by atoms with Crippen molar-refractivity contribution in [2.45, 2.75) is 32.1 Å². The zero-order valence-electron chi connectivity index (χ0n) is 8.70. The van der Waals surface area contributed by atoms with Crippen molar-refractivity contribution in [1.82, 2.24) is 9.38 Å². The number of rotatable bonds is 2. The molecule has 1 aliphatic carbocycles. The molecule has 0 spiro atoms. The fourth-order valence-corrected chi connectivity index (χ4v) is 1.94. The van der Waals surface area contributed by atoms with Gasteiger partial charge in [-0.1, -0.05) is 6.92 Å². The SMILES string of the molecule is CCc1cn2cc(C3CC3)cc(F)c2n1. The Kier molecular flexibility index (Phi) is 1.81. The van der Waals surface area contributed by atoms with Crippen molar-refractivity contribution in [1.29, 1.82) is 0 Å². The molecule has 2 nitrogen and oxygen atoms in total. The Morgan fingerprint density at radius 1 is 1.47 bits per heavy atom. The quantitative estimate of drug-likeness (QED) is 0.735. The van der Waals surface area contributed by atoms with Crippen molar-refractivity contribution in [3.05, 3.63) is 35.5 Å². The summed E-state index contributed by atoms with van der Waals surface area (Å²) in [5.41, 5.74) is 2.51. The summed E-state index contributed by atoms with van der Waals surface area (Å²) in [7, 11) is 0. The Morgan fingerprint density at radius 3 is 2.93 bits per heavy atom. The van der Waals surface area contributed by atoms with E-state index in [4.69, 9.17) is 0 Å². The summed E-state index contributed by atoms with van der Waals surface area (Å²) < 4.78 is 15.5. The van der Waals surface area contributed by atoms with Gasteiger partial charge in [-0.2, -0.15) is 0 Å². The van der Waals surface area contributed by atoms with Gasteiger partial charge in [0.1, 0.15) is 0 Å². The number of nitrogens with zero attached hydrogens (tertiary/aromatic N) is 2. The number of imidazole rings is 1. The lowest BCUT2D eigenvalue weighted by Gasteiger charge is -2.00. The van der Waals surface area contributed by atoms with E-state index in [9.17, 15) is 4.39 Å². The van der Waals surface area contributed by atoms with Crippen LogP contribution in [-0.4, -0.2) is 9.38 Å². The number of hydrogen-bond donors (Lipinski definition) is 0. The maximum Gasteiger partial charge on any atom is 0.173 e. The van der Waals surface area contributed by atoms with Gasteiger partial charge >= 0.3 is 0 Å². The van der Waals surface area contributed by atoms with E-state index < -0.39 is 0 Å². The Balaban J connectivity index is 2.20. The summed E-state index contributed by atoms with van der Waals surface area (Å²) >= 11 is 0. The second kappa shape index (κ2) is 3.05. The third-order valence-electron chi connectivity index (χ3n) is 2.99. The van der Waals surface area contributed by atoms with Crippen LogP contribution in [0.3, 0.4) is 0 Å². The first-order valence-corrected chi connectivity index (χ1v) is 5.45. The minimum absolute atomic E-state index is 0.195. The Bertz CT molecular complexity index is 512. The fraction of sp³-hybridized carbons (Fsp3) is 0.417. The van der Waals surface area contributed by atoms with E-state index in [1.165, 1.54) is 12.8 Å². The van der Waals surface area contributed by atoms with Crippen LogP contribution in [0.4, 0.5) is 4.39 Å². The number of aryl methyl sites for hydroxylation is 1. The largest absolute Gasteiger partial charge is 0.304 e. The molecule has 15 heavy (non-hydrogen) atoms. The Labute approximate surface area is 87.8 Å². The van der Waals surface area contributed by atoms with Gasteiger partial charge < -0.3 is 4.40 Å². The average molecular weight is 204 g/mol. The monoisotopic (exact) mass is 204 g/mol. The molecule has 3 rings (SSSR count). The average Bonchev–Trinajstić information content (AvgIpc) is 2.98. The molecule has 1 fully saturated rings. The first-order valence-electron chi connectivity index (χ1n) is 5.45. The third-order valence-corrected chi connectivity index (χ3v) is 2.99. The molecule has 0 bridgehead atoms. The van der Waals surface area contributed by atoms with E-state index in [1.807, 2.05) is 23.7 Å². The van der Waals surface area contributed by atoms with E-state index in [1.54, 1.807) is 6.07 Å². The topological polar surface area (TPSA) is 17.3 Å². The van der Waals surface area contributed by atoms with Crippen LogP contribution in [0.25, 0.3) is 5.65 Å². The van der Waals surface area contributed by atoms with E-state index in [0.717, 1.165) is 17.7 Å². The molecule has 3 heteroatoms. The van der Waals surface area contributed by atoms with Crippen molar-refractivity contribution in [3.8, 4) is 0 Å². The molecule has 0 aliphatic heterocycles. The highest BCUT2D eigenvalue weighted by atomic mass is 19.1. The minimum atomic E-state index is -0.195. The van der Waals surface area contributed by atoms with Gasteiger partial charge in [0.25, 0.3) is 0 Å². The van der Waals surface area contributed by atoms with E-state index in [-0.39, 0.29) is 5.82 Å². The van der Waals surface area contributed by atoms with Crippen LogP contribution < -0.4 is 0 Å². The van der Waals surface area contributed by atoms with Crippen molar-refractivity contribution in [2.75, 3.05) is 0 Å². The van der Waals surface area contributed by atoms with Crippen LogP contribution in [0.15, 0.2) is 18.5 Å². The molecule has 1 saturated carbocycles. The van der Waals surface area contributed by atoms with Crippen molar-refractivity contribution in [3.63, 3.8) is 0 Å². The van der Waals surface area contributed by atoms with Crippen molar-refractivity contribution < 1.29 is 4.39 Å². The normalized spacial score (nSPS) is 16.1. The zero-order chi connectivity index (χ0) is 10.4. The molecule has 0 aromatic carbocycles.